The molecule has 2 rings (SSSR count). The monoisotopic (exact) mass is 246 g/mol. The van der Waals surface area contributed by atoms with E-state index in [0.717, 1.165) is 11.4 Å². The lowest BCUT2D eigenvalue weighted by atomic mass is 10.2. The Morgan fingerprint density at radius 1 is 1.53 bits per heavy atom. The molecule has 0 N–H and O–H groups in total. The van der Waals surface area contributed by atoms with Crippen LogP contribution in [0, 0.1) is 6.92 Å². The van der Waals surface area contributed by atoms with Crippen molar-refractivity contribution in [2.75, 3.05) is 0 Å². The highest BCUT2D eigenvalue weighted by Gasteiger charge is 2.04. The molecular weight excluding hydrogens is 232 g/mol. The number of hydrogen-bond acceptors (Lipinski definition) is 3. The number of carbonyl (C=O) groups is 1. The van der Waals surface area contributed by atoms with Gasteiger partial charge in [-0.3, -0.25) is 9.48 Å². The van der Waals surface area contributed by atoms with Gasteiger partial charge in [0, 0.05) is 22.5 Å². The number of aromatic nitrogens is 2. The fourth-order valence-corrected chi connectivity index (χ4v) is 2.24. The summed E-state index contributed by atoms with van der Waals surface area (Å²) in [6.45, 7) is 4.82. The first-order chi connectivity index (χ1) is 8.19. The summed E-state index contributed by atoms with van der Waals surface area (Å²) >= 11 is 1.67. The van der Waals surface area contributed by atoms with Crippen molar-refractivity contribution in [3.05, 3.63) is 45.9 Å². The standard InChI is InChI=1S/C13H14N2OS/c1-3-15-9-11(8-14-15)13(16)7-6-12-5-4-10(2)17-12/h4-9H,3H2,1-2H3/b7-6-. The highest BCUT2D eigenvalue weighted by Crippen LogP contribution is 2.16. The quantitative estimate of drug-likeness (QED) is 0.613. The molecule has 0 fully saturated rings. The predicted molar refractivity (Wildman–Crippen MR) is 70.3 cm³/mol. The van der Waals surface area contributed by atoms with Crippen LogP contribution in [-0.2, 0) is 6.54 Å². The molecule has 0 atom stereocenters. The molecule has 0 unspecified atom stereocenters. The molecule has 17 heavy (non-hydrogen) atoms. The molecule has 0 bridgehead atoms. The van der Waals surface area contributed by atoms with Crippen molar-refractivity contribution < 1.29 is 4.79 Å². The van der Waals surface area contributed by atoms with Crippen molar-refractivity contribution in [1.29, 1.82) is 0 Å². The van der Waals surface area contributed by atoms with Crippen LogP contribution in [0.15, 0.2) is 30.6 Å². The van der Waals surface area contributed by atoms with Crippen LogP contribution in [0.2, 0.25) is 0 Å². The van der Waals surface area contributed by atoms with Crippen LogP contribution in [0.5, 0.6) is 0 Å². The molecule has 2 aromatic heterocycles. The highest BCUT2D eigenvalue weighted by molar-refractivity contribution is 7.12. The first-order valence-corrected chi connectivity index (χ1v) is 6.32. The van der Waals surface area contributed by atoms with Crippen LogP contribution >= 0.6 is 11.3 Å². The summed E-state index contributed by atoms with van der Waals surface area (Å²) in [6.07, 6.45) is 6.83. The summed E-state index contributed by atoms with van der Waals surface area (Å²) < 4.78 is 1.75. The number of carbonyl (C=O) groups excluding carboxylic acids is 1. The van der Waals surface area contributed by atoms with Gasteiger partial charge in [0.2, 0.25) is 0 Å². The van der Waals surface area contributed by atoms with E-state index in [2.05, 4.69) is 12.0 Å². The lowest BCUT2D eigenvalue weighted by molar-refractivity contribution is 0.104. The first kappa shape index (κ1) is 11.8. The summed E-state index contributed by atoms with van der Waals surface area (Å²) in [5.74, 6) is -0.00393. The lowest BCUT2D eigenvalue weighted by Crippen LogP contribution is -1.94. The van der Waals surface area contributed by atoms with Gasteiger partial charge in [0.05, 0.1) is 11.8 Å². The van der Waals surface area contributed by atoms with E-state index in [9.17, 15) is 4.79 Å². The van der Waals surface area contributed by atoms with Gasteiger partial charge in [0.15, 0.2) is 5.78 Å². The number of thiophene rings is 1. The van der Waals surface area contributed by atoms with Crippen molar-refractivity contribution in [3.8, 4) is 0 Å². The van der Waals surface area contributed by atoms with Gasteiger partial charge < -0.3 is 0 Å². The molecule has 0 saturated heterocycles. The summed E-state index contributed by atoms with van der Waals surface area (Å²) in [5.41, 5.74) is 0.636. The molecule has 0 amide bonds. The number of rotatable bonds is 4. The lowest BCUT2D eigenvalue weighted by Gasteiger charge is -1.90. The molecule has 0 saturated carbocycles. The van der Waals surface area contributed by atoms with Gasteiger partial charge in [-0.2, -0.15) is 5.10 Å². The minimum Gasteiger partial charge on any atom is -0.289 e. The summed E-state index contributed by atoms with van der Waals surface area (Å²) in [4.78, 5) is 14.2. The zero-order valence-electron chi connectivity index (χ0n) is 9.88. The van der Waals surface area contributed by atoms with Crippen LogP contribution < -0.4 is 0 Å². The summed E-state index contributed by atoms with van der Waals surface area (Å²) in [7, 11) is 0. The maximum absolute atomic E-state index is 11.8. The van der Waals surface area contributed by atoms with Crippen molar-refractivity contribution in [2.45, 2.75) is 20.4 Å². The van der Waals surface area contributed by atoms with Crippen LogP contribution in [-0.4, -0.2) is 15.6 Å². The maximum Gasteiger partial charge on any atom is 0.189 e. The Labute approximate surface area is 104 Å². The molecule has 4 heteroatoms. The van der Waals surface area contributed by atoms with Gasteiger partial charge in [0.25, 0.3) is 0 Å². The maximum atomic E-state index is 11.8. The zero-order valence-corrected chi connectivity index (χ0v) is 10.7. The van der Waals surface area contributed by atoms with Gasteiger partial charge in [-0.25, -0.2) is 0 Å². The smallest absolute Gasteiger partial charge is 0.189 e. The van der Waals surface area contributed by atoms with Gasteiger partial charge in [0.1, 0.15) is 0 Å². The normalized spacial score (nSPS) is 11.2. The number of aryl methyl sites for hydroxylation is 2. The van der Waals surface area contributed by atoms with Crippen molar-refractivity contribution in [1.82, 2.24) is 9.78 Å². The molecular formula is C13H14N2OS. The molecule has 0 spiro atoms. The molecule has 0 aromatic carbocycles. The second kappa shape index (κ2) is 5.10. The largest absolute Gasteiger partial charge is 0.289 e. The number of nitrogens with zero attached hydrogens (tertiary/aromatic N) is 2. The fraction of sp³-hybridized carbons (Fsp3) is 0.231. The third-order valence-corrected chi connectivity index (χ3v) is 3.37. The van der Waals surface area contributed by atoms with Crippen molar-refractivity contribution in [2.24, 2.45) is 0 Å². The van der Waals surface area contributed by atoms with Crippen LogP contribution in [0.4, 0.5) is 0 Å². The third kappa shape index (κ3) is 2.91. The molecule has 0 aliphatic rings. The van der Waals surface area contributed by atoms with E-state index < -0.39 is 0 Å². The van der Waals surface area contributed by atoms with E-state index in [1.807, 2.05) is 25.1 Å². The molecule has 2 aromatic rings. The van der Waals surface area contributed by atoms with Crippen LogP contribution in [0.3, 0.4) is 0 Å². The van der Waals surface area contributed by atoms with E-state index in [-0.39, 0.29) is 5.78 Å². The van der Waals surface area contributed by atoms with E-state index in [1.165, 1.54) is 4.88 Å². The van der Waals surface area contributed by atoms with Crippen molar-refractivity contribution >= 4 is 23.2 Å². The Kier molecular flexibility index (Phi) is 3.54. The van der Waals surface area contributed by atoms with Crippen LogP contribution in [0.1, 0.15) is 27.0 Å². The SMILES string of the molecule is CCn1cc(C(=O)/C=C\c2ccc(C)s2)cn1. The fourth-order valence-electron chi connectivity index (χ4n) is 1.46. The highest BCUT2D eigenvalue weighted by atomic mass is 32.1. The molecule has 3 nitrogen and oxygen atoms in total. The summed E-state index contributed by atoms with van der Waals surface area (Å²) in [6, 6.07) is 4.06. The Balaban J connectivity index is 2.08. The molecule has 88 valence electrons. The van der Waals surface area contributed by atoms with E-state index in [4.69, 9.17) is 0 Å². The first-order valence-electron chi connectivity index (χ1n) is 5.50. The Hall–Kier alpha value is -1.68. The van der Waals surface area contributed by atoms with Crippen LogP contribution in [0.25, 0.3) is 6.08 Å². The van der Waals surface area contributed by atoms with E-state index >= 15 is 0 Å². The Bertz CT molecular complexity index is 551. The minimum absolute atomic E-state index is 0.00393. The zero-order chi connectivity index (χ0) is 12.3. The van der Waals surface area contributed by atoms with E-state index in [1.54, 1.807) is 34.5 Å². The second-order valence-electron chi connectivity index (χ2n) is 3.73. The molecule has 0 aliphatic heterocycles. The van der Waals surface area contributed by atoms with E-state index in [0.29, 0.717) is 5.56 Å². The Morgan fingerprint density at radius 3 is 2.94 bits per heavy atom. The van der Waals surface area contributed by atoms with Gasteiger partial charge in [-0.1, -0.05) is 0 Å². The average Bonchev–Trinajstić information content (AvgIpc) is 2.94. The average molecular weight is 246 g/mol. The molecule has 0 radical (unpaired) electrons. The number of hydrogen-bond donors (Lipinski definition) is 0. The summed E-state index contributed by atoms with van der Waals surface area (Å²) in [5, 5.41) is 4.08. The number of allylic oxidation sites excluding steroid dienone is 1. The molecule has 2 heterocycles. The minimum atomic E-state index is -0.00393. The van der Waals surface area contributed by atoms with Gasteiger partial charge in [-0.05, 0) is 38.1 Å². The number of ketones is 1. The third-order valence-electron chi connectivity index (χ3n) is 2.40. The van der Waals surface area contributed by atoms with Gasteiger partial charge in [-0.15, -0.1) is 11.3 Å². The second-order valence-corrected chi connectivity index (χ2v) is 5.05. The van der Waals surface area contributed by atoms with Gasteiger partial charge >= 0.3 is 0 Å². The molecule has 0 aliphatic carbocycles. The Morgan fingerprint density at radius 2 is 2.35 bits per heavy atom. The van der Waals surface area contributed by atoms with Crippen molar-refractivity contribution in [3.63, 3.8) is 0 Å². The topological polar surface area (TPSA) is 34.9 Å². The predicted octanol–water partition coefficient (Wildman–Crippen LogP) is 3.17.